The Kier molecular flexibility index (Phi) is 8.04. The highest BCUT2D eigenvalue weighted by atomic mass is 32.2. The lowest BCUT2D eigenvalue weighted by molar-refractivity contribution is -0.384. The SMILES string of the molecule is CCOc1ccc(S(=O)(=O)N(CC(=O)Nc2cc([N+](=O)[O-])ccc2C)C2CCCCC2)cc1. The number of aryl methyl sites for hydroxylation is 1. The van der Waals surface area contributed by atoms with Crippen molar-refractivity contribution in [2.24, 2.45) is 0 Å². The number of anilines is 1. The van der Waals surface area contributed by atoms with Crippen molar-refractivity contribution >= 4 is 27.3 Å². The van der Waals surface area contributed by atoms with Gasteiger partial charge in [-0.2, -0.15) is 4.31 Å². The van der Waals surface area contributed by atoms with Crippen LogP contribution in [0.3, 0.4) is 0 Å². The number of nitro benzene ring substituents is 1. The highest BCUT2D eigenvalue weighted by molar-refractivity contribution is 7.89. The molecule has 1 aliphatic rings. The third-order valence-electron chi connectivity index (χ3n) is 5.73. The van der Waals surface area contributed by atoms with Crippen LogP contribution in [0.2, 0.25) is 0 Å². The van der Waals surface area contributed by atoms with Crippen molar-refractivity contribution in [3.05, 3.63) is 58.1 Å². The Balaban J connectivity index is 1.86. The predicted molar refractivity (Wildman–Crippen MR) is 125 cm³/mol. The van der Waals surface area contributed by atoms with Crippen molar-refractivity contribution in [2.45, 2.75) is 56.9 Å². The zero-order valence-electron chi connectivity index (χ0n) is 18.8. The Labute approximate surface area is 193 Å². The average molecular weight is 476 g/mol. The second-order valence-corrected chi connectivity index (χ2v) is 9.94. The number of hydrogen-bond donors (Lipinski definition) is 1. The summed E-state index contributed by atoms with van der Waals surface area (Å²) in [5, 5.41) is 13.7. The Hall–Kier alpha value is -2.98. The number of rotatable bonds is 9. The summed E-state index contributed by atoms with van der Waals surface area (Å²) in [7, 11) is -3.94. The Morgan fingerprint density at radius 1 is 1.15 bits per heavy atom. The van der Waals surface area contributed by atoms with Crippen LogP contribution in [-0.4, -0.2) is 42.7 Å². The van der Waals surface area contributed by atoms with E-state index in [0.29, 0.717) is 30.8 Å². The lowest BCUT2D eigenvalue weighted by atomic mass is 9.95. The third kappa shape index (κ3) is 6.08. The van der Waals surface area contributed by atoms with Crippen LogP contribution in [0.4, 0.5) is 11.4 Å². The number of nitrogens with zero attached hydrogens (tertiary/aromatic N) is 2. The molecule has 2 aromatic carbocycles. The number of benzene rings is 2. The topological polar surface area (TPSA) is 119 Å². The molecule has 1 saturated carbocycles. The minimum absolute atomic E-state index is 0.0934. The molecule has 1 aliphatic carbocycles. The van der Waals surface area contributed by atoms with Crippen LogP contribution in [-0.2, 0) is 14.8 Å². The second-order valence-electron chi connectivity index (χ2n) is 8.05. The van der Waals surface area contributed by atoms with E-state index in [9.17, 15) is 23.3 Å². The number of ether oxygens (including phenoxy) is 1. The molecular weight excluding hydrogens is 446 g/mol. The highest BCUT2D eigenvalue weighted by Gasteiger charge is 2.34. The van der Waals surface area contributed by atoms with Crippen molar-refractivity contribution in [3.8, 4) is 5.75 Å². The molecule has 0 aliphatic heterocycles. The number of non-ortho nitro benzene ring substituents is 1. The fourth-order valence-electron chi connectivity index (χ4n) is 3.98. The molecule has 0 radical (unpaired) electrons. The molecule has 1 amide bonds. The maximum Gasteiger partial charge on any atom is 0.271 e. The number of nitrogens with one attached hydrogen (secondary N) is 1. The maximum absolute atomic E-state index is 13.5. The van der Waals surface area contributed by atoms with Gasteiger partial charge in [0, 0.05) is 18.2 Å². The molecule has 0 atom stereocenters. The summed E-state index contributed by atoms with van der Waals surface area (Å²) >= 11 is 0. The predicted octanol–water partition coefficient (Wildman–Crippen LogP) is 4.26. The van der Waals surface area contributed by atoms with E-state index < -0.39 is 20.9 Å². The molecule has 178 valence electrons. The van der Waals surface area contributed by atoms with Gasteiger partial charge in [-0.3, -0.25) is 14.9 Å². The molecule has 3 rings (SSSR count). The molecule has 2 aromatic rings. The Morgan fingerprint density at radius 3 is 2.42 bits per heavy atom. The normalized spacial score (nSPS) is 14.8. The molecule has 0 aromatic heterocycles. The van der Waals surface area contributed by atoms with Crippen molar-refractivity contribution < 1.29 is 22.9 Å². The minimum atomic E-state index is -3.94. The van der Waals surface area contributed by atoms with Gasteiger partial charge < -0.3 is 10.1 Å². The van der Waals surface area contributed by atoms with Crippen LogP contribution in [0.15, 0.2) is 47.4 Å². The highest BCUT2D eigenvalue weighted by Crippen LogP contribution is 2.29. The third-order valence-corrected chi connectivity index (χ3v) is 7.64. The van der Waals surface area contributed by atoms with Gasteiger partial charge in [0.2, 0.25) is 15.9 Å². The van der Waals surface area contributed by atoms with Crippen LogP contribution in [0, 0.1) is 17.0 Å². The van der Waals surface area contributed by atoms with E-state index in [1.54, 1.807) is 25.1 Å². The van der Waals surface area contributed by atoms with Crippen LogP contribution >= 0.6 is 0 Å². The van der Waals surface area contributed by atoms with E-state index in [1.165, 1.54) is 28.6 Å². The molecule has 0 bridgehead atoms. The number of nitro groups is 1. The van der Waals surface area contributed by atoms with Crippen molar-refractivity contribution in [2.75, 3.05) is 18.5 Å². The maximum atomic E-state index is 13.5. The van der Waals surface area contributed by atoms with Gasteiger partial charge in [0.05, 0.1) is 28.7 Å². The Bertz CT molecular complexity index is 1100. The summed E-state index contributed by atoms with van der Waals surface area (Å²) in [6, 6.07) is 10.1. The first kappa shape index (κ1) is 24.7. The number of sulfonamides is 1. The number of amides is 1. The van der Waals surface area contributed by atoms with E-state index in [4.69, 9.17) is 4.74 Å². The van der Waals surface area contributed by atoms with Crippen LogP contribution < -0.4 is 10.1 Å². The largest absolute Gasteiger partial charge is 0.494 e. The lowest BCUT2D eigenvalue weighted by Gasteiger charge is -2.33. The standard InChI is InChI=1S/C23H29N3O6S/c1-3-32-20-11-13-21(14-12-20)33(30,31)25(18-7-5-4-6-8-18)16-23(27)24-22-15-19(26(28)29)10-9-17(22)2/h9-15,18H,3-8,16H2,1-2H3,(H,24,27). The molecular formula is C23H29N3O6S. The zero-order valence-corrected chi connectivity index (χ0v) is 19.6. The van der Waals surface area contributed by atoms with E-state index in [2.05, 4.69) is 5.32 Å². The summed E-state index contributed by atoms with van der Waals surface area (Å²) in [5.41, 5.74) is 0.783. The van der Waals surface area contributed by atoms with Gasteiger partial charge in [-0.1, -0.05) is 25.3 Å². The molecule has 0 heterocycles. The number of hydrogen-bond acceptors (Lipinski definition) is 6. The summed E-state index contributed by atoms with van der Waals surface area (Å²) in [4.78, 5) is 23.5. The van der Waals surface area contributed by atoms with E-state index in [-0.39, 0.29) is 28.9 Å². The lowest BCUT2D eigenvalue weighted by Crippen LogP contribution is -2.45. The molecule has 0 unspecified atom stereocenters. The monoisotopic (exact) mass is 475 g/mol. The molecule has 1 fully saturated rings. The minimum Gasteiger partial charge on any atom is -0.494 e. The molecule has 33 heavy (non-hydrogen) atoms. The van der Waals surface area contributed by atoms with Gasteiger partial charge in [-0.15, -0.1) is 0 Å². The zero-order chi connectivity index (χ0) is 24.0. The van der Waals surface area contributed by atoms with Gasteiger partial charge in [-0.25, -0.2) is 8.42 Å². The molecule has 1 N–H and O–H groups in total. The van der Waals surface area contributed by atoms with Crippen LogP contribution in [0.25, 0.3) is 0 Å². The smallest absolute Gasteiger partial charge is 0.271 e. The van der Waals surface area contributed by atoms with Gasteiger partial charge >= 0.3 is 0 Å². The fourth-order valence-corrected chi connectivity index (χ4v) is 5.62. The first-order chi connectivity index (χ1) is 15.7. The van der Waals surface area contributed by atoms with E-state index in [0.717, 1.165) is 19.3 Å². The van der Waals surface area contributed by atoms with E-state index >= 15 is 0 Å². The second kappa shape index (κ2) is 10.8. The van der Waals surface area contributed by atoms with Crippen LogP contribution in [0.1, 0.15) is 44.6 Å². The first-order valence-electron chi connectivity index (χ1n) is 11.0. The first-order valence-corrected chi connectivity index (χ1v) is 12.5. The summed E-state index contributed by atoms with van der Waals surface area (Å²) in [6.45, 7) is 3.66. The molecule has 0 saturated heterocycles. The van der Waals surface area contributed by atoms with Gasteiger partial charge in [0.25, 0.3) is 5.69 Å². The average Bonchev–Trinajstić information content (AvgIpc) is 2.80. The van der Waals surface area contributed by atoms with Gasteiger partial charge in [0.15, 0.2) is 0 Å². The fraction of sp³-hybridized carbons (Fsp3) is 0.435. The van der Waals surface area contributed by atoms with Crippen LogP contribution in [0.5, 0.6) is 5.75 Å². The van der Waals surface area contributed by atoms with Crippen molar-refractivity contribution in [1.29, 1.82) is 0 Å². The van der Waals surface area contributed by atoms with Crippen molar-refractivity contribution in [3.63, 3.8) is 0 Å². The molecule has 10 heteroatoms. The van der Waals surface area contributed by atoms with Crippen molar-refractivity contribution in [1.82, 2.24) is 4.31 Å². The van der Waals surface area contributed by atoms with E-state index in [1.807, 2.05) is 6.92 Å². The Morgan fingerprint density at radius 2 is 1.82 bits per heavy atom. The summed E-state index contributed by atoms with van der Waals surface area (Å²) in [6.07, 6.45) is 4.18. The van der Waals surface area contributed by atoms with Gasteiger partial charge in [0.1, 0.15) is 5.75 Å². The number of carbonyl (C=O) groups is 1. The summed E-state index contributed by atoms with van der Waals surface area (Å²) in [5.74, 6) is 0.0261. The quantitative estimate of drug-likeness (QED) is 0.427. The number of carbonyl (C=O) groups excluding carboxylic acids is 1. The van der Waals surface area contributed by atoms with Gasteiger partial charge in [-0.05, 0) is 56.5 Å². The molecule has 0 spiro atoms. The summed E-state index contributed by atoms with van der Waals surface area (Å²) < 4.78 is 33.7. The molecule has 9 nitrogen and oxygen atoms in total.